The molecule has 10 nitrogen and oxygen atoms in total. The highest BCUT2D eigenvalue weighted by atomic mass is 16.5. The van der Waals surface area contributed by atoms with E-state index in [1.807, 2.05) is 35.2 Å². The van der Waals surface area contributed by atoms with E-state index >= 15 is 0 Å². The Morgan fingerprint density at radius 3 is 2.50 bits per heavy atom. The molecule has 34 heavy (non-hydrogen) atoms. The number of likely N-dealkylation sites (N-methyl/N-ethyl adjacent to an activating group) is 1. The van der Waals surface area contributed by atoms with Gasteiger partial charge in [-0.25, -0.2) is 4.98 Å². The number of methoxy groups -OCH3 is 2. The third-order valence-corrected chi connectivity index (χ3v) is 5.32. The fourth-order valence-corrected chi connectivity index (χ4v) is 3.57. The van der Waals surface area contributed by atoms with E-state index in [4.69, 9.17) is 14.5 Å². The Morgan fingerprint density at radius 2 is 1.82 bits per heavy atom. The number of nitrogens with one attached hydrogen (secondary N) is 1. The van der Waals surface area contributed by atoms with Crippen LogP contribution in [0.2, 0.25) is 0 Å². The van der Waals surface area contributed by atoms with E-state index in [1.165, 1.54) is 0 Å². The van der Waals surface area contributed by atoms with Crippen LogP contribution in [0.1, 0.15) is 0 Å². The minimum atomic E-state index is -0.137. The molecule has 4 aromatic rings. The highest BCUT2D eigenvalue weighted by Crippen LogP contribution is 2.34. The van der Waals surface area contributed by atoms with Gasteiger partial charge in [0.15, 0.2) is 0 Å². The number of hydrogen-bond donors (Lipinski definition) is 2. The van der Waals surface area contributed by atoms with Gasteiger partial charge < -0.3 is 24.8 Å². The summed E-state index contributed by atoms with van der Waals surface area (Å²) in [7, 11) is 4.78. The van der Waals surface area contributed by atoms with Gasteiger partial charge in [-0.2, -0.15) is 5.10 Å². The molecule has 0 radical (unpaired) electrons. The maximum atomic E-state index is 11.6. The number of carbonyl (C=O) groups is 1. The van der Waals surface area contributed by atoms with Gasteiger partial charge in [0, 0.05) is 54.9 Å². The van der Waals surface area contributed by atoms with E-state index in [1.54, 1.807) is 50.6 Å². The topological polar surface area (TPSA) is 115 Å². The molecule has 2 N–H and O–H groups in total. The number of aliphatic hydroxyl groups excluding tert-OH is 1. The monoisotopic (exact) mass is 462 g/mol. The van der Waals surface area contributed by atoms with Crippen molar-refractivity contribution in [3.63, 3.8) is 0 Å². The van der Waals surface area contributed by atoms with Gasteiger partial charge in [-0.3, -0.25) is 14.5 Å². The minimum absolute atomic E-state index is 0.0478. The molecule has 0 atom stereocenters. The molecule has 10 heteroatoms. The van der Waals surface area contributed by atoms with Crippen molar-refractivity contribution in [3.8, 4) is 22.8 Å². The Kier molecular flexibility index (Phi) is 6.88. The van der Waals surface area contributed by atoms with Crippen molar-refractivity contribution in [2.24, 2.45) is 0 Å². The molecule has 0 bridgehead atoms. The summed E-state index contributed by atoms with van der Waals surface area (Å²) in [5.74, 6) is 1.16. The Hall–Kier alpha value is -4.18. The van der Waals surface area contributed by atoms with Gasteiger partial charge in [0.2, 0.25) is 5.91 Å². The number of anilines is 2. The van der Waals surface area contributed by atoms with Gasteiger partial charge in [-0.05, 0) is 18.2 Å². The predicted molar refractivity (Wildman–Crippen MR) is 128 cm³/mol. The molecule has 0 saturated carbocycles. The fourth-order valence-electron chi connectivity index (χ4n) is 3.57. The number of benzene rings is 2. The zero-order valence-corrected chi connectivity index (χ0v) is 19.2. The van der Waals surface area contributed by atoms with E-state index in [0.29, 0.717) is 29.3 Å². The number of carbonyl (C=O) groups excluding carboxylic acids is 1. The van der Waals surface area contributed by atoms with Gasteiger partial charge in [0.05, 0.1) is 49.9 Å². The summed E-state index contributed by atoms with van der Waals surface area (Å²) in [5, 5.41) is 16.5. The summed E-state index contributed by atoms with van der Waals surface area (Å²) in [5.41, 5.74) is 4.46. The van der Waals surface area contributed by atoms with Crippen LogP contribution in [0.3, 0.4) is 0 Å². The lowest BCUT2D eigenvalue weighted by molar-refractivity contribution is -0.121. The molecule has 2 heterocycles. The first-order chi connectivity index (χ1) is 16.5. The van der Waals surface area contributed by atoms with Crippen LogP contribution in [0.25, 0.3) is 22.3 Å². The van der Waals surface area contributed by atoms with Gasteiger partial charge in [-0.15, -0.1) is 0 Å². The molecule has 0 unspecified atom stereocenters. The average molecular weight is 463 g/mol. The minimum Gasteiger partial charge on any atom is -0.497 e. The van der Waals surface area contributed by atoms with Gasteiger partial charge in [0.25, 0.3) is 0 Å². The third-order valence-electron chi connectivity index (χ3n) is 5.32. The van der Waals surface area contributed by atoms with Gasteiger partial charge in [-0.1, -0.05) is 0 Å². The molecule has 2 aromatic heterocycles. The maximum absolute atomic E-state index is 11.6. The van der Waals surface area contributed by atoms with Crippen molar-refractivity contribution < 1.29 is 19.4 Å². The van der Waals surface area contributed by atoms with Crippen LogP contribution < -0.4 is 19.7 Å². The first kappa shape index (κ1) is 23.0. The number of amides is 1. The van der Waals surface area contributed by atoms with E-state index in [0.717, 1.165) is 22.5 Å². The second kappa shape index (κ2) is 10.2. The normalized spacial score (nSPS) is 10.8. The quantitative estimate of drug-likeness (QED) is 0.390. The summed E-state index contributed by atoms with van der Waals surface area (Å²) in [4.78, 5) is 22.9. The number of ether oxygens (including phenoxy) is 2. The van der Waals surface area contributed by atoms with E-state index in [2.05, 4.69) is 15.4 Å². The van der Waals surface area contributed by atoms with Gasteiger partial charge in [0.1, 0.15) is 18.0 Å². The SMILES string of the molecule is CNC(=O)Cn1cc(-c2cnc3ccc(N(CCO)c4cc(OC)cc(OC)c4)cc3n2)cn1. The number of aliphatic hydroxyl groups is 1. The summed E-state index contributed by atoms with van der Waals surface area (Å²) in [6.07, 6.45) is 5.10. The lowest BCUT2D eigenvalue weighted by Gasteiger charge is -2.25. The van der Waals surface area contributed by atoms with Crippen LogP contribution in [-0.2, 0) is 11.3 Å². The number of fused-ring (bicyclic) bond motifs is 1. The standard InChI is InChI=1S/C24H26N6O4/c1-25-24(32)15-29-14-16(12-27-29)23-13-26-21-5-4-17(10-22(21)28-23)30(6-7-31)18-8-19(33-2)11-20(9-18)34-3/h4-5,8-14,31H,6-7,15H2,1-3H3,(H,25,32). The molecular formula is C24H26N6O4. The number of hydrogen-bond acceptors (Lipinski definition) is 8. The number of nitrogens with zero attached hydrogens (tertiary/aromatic N) is 5. The Bertz CT molecular complexity index is 1280. The molecule has 4 rings (SSSR count). The highest BCUT2D eigenvalue weighted by Gasteiger charge is 2.14. The molecule has 176 valence electrons. The number of aromatic nitrogens is 4. The Labute approximate surface area is 196 Å². The first-order valence-electron chi connectivity index (χ1n) is 10.7. The van der Waals surface area contributed by atoms with Crippen LogP contribution in [0.15, 0.2) is 55.0 Å². The van der Waals surface area contributed by atoms with Crippen molar-refractivity contribution in [1.82, 2.24) is 25.1 Å². The molecule has 0 aliphatic carbocycles. The lowest BCUT2D eigenvalue weighted by Crippen LogP contribution is -2.23. The second-order valence-corrected chi connectivity index (χ2v) is 7.47. The zero-order valence-electron chi connectivity index (χ0n) is 19.2. The van der Waals surface area contributed by atoms with Crippen LogP contribution in [0, 0.1) is 0 Å². The van der Waals surface area contributed by atoms with Crippen molar-refractivity contribution in [3.05, 3.63) is 55.0 Å². The van der Waals surface area contributed by atoms with Crippen molar-refractivity contribution in [2.45, 2.75) is 6.54 Å². The Balaban J connectivity index is 1.71. The van der Waals surface area contributed by atoms with Crippen molar-refractivity contribution in [1.29, 1.82) is 0 Å². The molecule has 0 spiro atoms. The van der Waals surface area contributed by atoms with E-state index in [-0.39, 0.29) is 19.1 Å². The summed E-state index contributed by atoms with van der Waals surface area (Å²) >= 11 is 0. The molecule has 0 saturated heterocycles. The second-order valence-electron chi connectivity index (χ2n) is 7.47. The fraction of sp³-hybridized carbons (Fsp3) is 0.250. The molecule has 0 fully saturated rings. The molecule has 2 aromatic carbocycles. The molecule has 0 aliphatic heterocycles. The first-order valence-corrected chi connectivity index (χ1v) is 10.7. The van der Waals surface area contributed by atoms with Crippen LogP contribution in [-0.4, -0.2) is 65.2 Å². The predicted octanol–water partition coefficient (Wildman–Crippen LogP) is 2.39. The maximum Gasteiger partial charge on any atom is 0.241 e. The Morgan fingerprint density at radius 1 is 1.06 bits per heavy atom. The molecule has 0 aliphatic rings. The summed E-state index contributed by atoms with van der Waals surface area (Å²) < 4.78 is 12.4. The smallest absolute Gasteiger partial charge is 0.241 e. The van der Waals surface area contributed by atoms with Crippen LogP contribution >= 0.6 is 0 Å². The van der Waals surface area contributed by atoms with E-state index < -0.39 is 0 Å². The third kappa shape index (κ3) is 4.91. The number of rotatable bonds is 9. The summed E-state index contributed by atoms with van der Waals surface area (Å²) in [6.45, 7) is 0.441. The largest absolute Gasteiger partial charge is 0.497 e. The summed E-state index contributed by atoms with van der Waals surface area (Å²) in [6, 6.07) is 11.3. The average Bonchev–Trinajstić information content (AvgIpc) is 3.34. The van der Waals surface area contributed by atoms with Crippen molar-refractivity contribution >= 4 is 28.3 Å². The van der Waals surface area contributed by atoms with Crippen LogP contribution in [0.4, 0.5) is 11.4 Å². The molecule has 1 amide bonds. The lowest BCUT2D eigenvalue weighted by atomic mass is 10.2. The van der Waals surface area contributed by atoms with E-state index in [9.17, 15) is 9.90 Å². The van der Waals surface area contributed by atoms with Crippen molar-refractivity contribution in [2.75, 3.05) is 39.3 Å². The van der Waals surface area contributed by atoms with Gasteiger partial charge >= 0.3 is 0 Å². The highest BCUT2D eigenvalue weighted by molar-refractivity contribution is 5.83. The molecular weight excluding hydrogens is 436 g/mol. The van der Waals surface area contributed by atoms with Crippen LogP contribution in [0.5, 0.6) is 11.5 Å². The zero-order chi connectivity index (χ0) is 24.1.